The predicted octanol–water partition coefficient (Wildman–Crippen LogP) is 16.1. The van der Waals surface area contributed by atoms with Gasteiger partial charge in [0.25, 0.3) is 0 Å². The van der Waals surface area contributed by atoms with Gasteiger partial charge in [-0.05, 0) is 77.0 Å². The molecule has 0 aliphatic rings. The quantitative estimate of drug-likeness (QED) is 0.0245. The van der Waals surface area contributed by atoms with Crippen molar-refractivity contribution in [3.8, 4) is 0 Å². The number of esters is 1. The van der Waals surface area contributed by atoms with E-state index in [1.807, 2.05) is 24.3 Å². The van der Waals surface area contributed by atoms with Gasteiger partial charge >= 0.3 is 5.97 Å². The molecule has 0 aliphatic carbocycles. The summed E-state index contributed by atoms with van der Waals surface area (Å²) in [6, 6.07) is -0.720. The molecule has 0 rings (SSSR count). The van der Waals surface area contributed by atoms with Crippen LogP contribution in [0.5, 0.6) is 0 Å². The molecule has 1 amide bonds. The molecule has 6 nitrogen and oxygen atoms in total. The second-order valence-electron chi connectivity index (χ2n) is 17.7. The van der Waals surface area contributed by atoms with Gasteiger partial charge < -0.3 is 20.3 Å². The monoisotopic (exact) mass is 890 g/mol. The predicted molar refractivity (Wildman–Crippen MR) is 277 cm³/mol. The Kier molecular flexibility index (Phi) is 48.2. The molecular weight excluding hydrogens is 791 g/mol. The number of carbonyl (C=O) groups excluding carboxylic acids is 2. The van der Waals surface area contributed by atoms with E-state index in [9.17, 15) is 19.8 Å². The van der Waals surface area contributed by atoms with E-state index < -0.39 is 18.2 Å². The lowest BCUT2D eigenvalue weighted by Gasteiger charge is -2.24. The Morgan fingerprint density at radius 2 is 0.938 bits per heavy atom. The molecule has 0 heterocycles. The Morgan fingerprint density at radius 1 is 0.484 bits per heavy atom. The molecule has 3 atom stereocenters. The van der Waals surface area contributed by atoms with Gasteiger partial charge in [-0.2, -0.15) is 0 Å². The lowest BCUT2D eigenvalue weighted by Crippen LogP contribution is -2.46. The molecule has 0 aliphatic heterocycles. The van der Waals surface area contributed by atoms with Crippen molar-refractivity contribution in [3.63, 3.8) is 0 Å². The normalized spacial score (nSPS) is 14.0. The first-order chi connectivity index (χ1) is 31.5. The first kappa shape index (κ1) is 60.8. The van der Waals surface area contributed by atoms with E-state index in [2.05, 4.69) is 99.0 Å². The molecule has 0 spiro atoms. The minimum Gasteiger partial charge on any atom is -0.462 e. The van der Waals surface area contributed by atoms with E-state index in [0.717, 1.165) is 116 Å². The number of carbonyl (C=O) groups is 2. The summed E-state index contributed by atoms with van der Waals surface area (Å²) in [5, 5.41) is 23.8. The number of aliphatic hydroxyl groups is 2. The first-order valence-electron chi connectivity index (χ1n) is 26.5. The van der Waals surface area contributed by atoms with Gasteiger partial charge in [0.05, 0.1) is 25.2 Å². The zero-order valence-corrected chi connectivity index (χ0v) is 41.6. The number of ether oxygens (including phenoxy) is 1. The topological polar surface area (TPSA) is 95.9 Å². The van der Waals surface area contributed by atoms with E-state index in [0.29, 0.717) is 19.3 Å². The summed E-state index contributed by atoms with van der Waals surface area (Å²) in [6.07, 6.45) is 67.4. The molecule has 0 saturated heterocycles. The smallest absolute Gasteiger partial charge is 0.306 e. The first-order valence-corrected chi connectivity index (χ1v) is 26.5. The number of unbranched alkanes of at least 4 members (excludes halogenated alkanes) is 22. The fraction of sp³-hybridized carbons (Fsp3) is 0.690. The van der Waals surface area contributed by atoms with Crippen LogP contribution in [0.4, 0.5) is 0 Å². The molecule has 366 valence electrons. The van der Waals surface area contributed by atoms with Crippen molar-refractivity contribution in [2.24, 2.45) is 0 Å². The average molecular weight is 890 g/mol. The summed E-state index contributed by atoms with van der Waals surface area (Å²) < 4.78 is 5.92. The zero-order chi connectivity index (χ0) is 46.7. The highest BCUT2D eigenvalue weighted by Crippen LogP contribution is 2.17. The van der Waals surface area contributed by atoms with Gasteiger partial charge in [-0.1, -0.05) is 240 Å². The number of aliphatic hydroxyl groups excluding tert-OH is 2. The van der Waals surface area contributed by atoms with Crippen LogP contribution in [-0.2, 0) is 14.3 Å². The number of hydrogen-bond donors (Lipinski definition) is 3. The van der Waals surface area contributed by atoms with E-state index >= 15 is 0 Å². The van der Waals surface area contributed by atoms with Crippen molar-refractivity contribution in [2.45, 2.75) is 251 Å². The van der Waals surface area contributed by atoms with Gasteiger partial charge in [-0.25, -0.2) is 0 Å². The molecule has 0 aromatic rings. The molecule has 64 heavy (non-hydrogen) atoms. The third-order valence-electron chi connectivity index (χ3n) is 11.5. The number of hydrogen-bond acceptors (Lipinski definition) is 5. The molecule has 0 bridgehead atoms. The molecule has 3 N–H and O–H groups in total. The van der Waals surface area contributed by atoms with Crippen molar-refractivity contribution >= 4 is 11.9 Å². The standard InChI is InChI=1S/C58H99NO5/c1-4-7-10-13-16-19-22-25-27-28-29-30-33-36-39-42-45-48-51-58(63)64-54(49-46-43-40-37-34-32-26-23-20-17-14-11-8-5-2)52-57(62)59-55(53-60)56(61)50-47-44-41-38-35-31-24-21-18-15-12-9-6-3/h8,10-11,13,16-17,19-20,22,25-30,32,54-56,60-61H,4-7,9,12,14-15,18,21,23-24,31,33-53H2,1-3H3,(H,59,62)/b11-8+,13-10+,19-16+,20-17+,25-22+,28-27+,30-29+,32-26+. The lowest BCUT2D eigenvalue weighted by atomic mass is 10.0. The summed E-state index contributed by atoms with van der Waals surface area (Å²) in [7, 11) is 0. The van der Waals surface area contributed by atoms with Gasteiger partial charge in [0.1, 0.15) is 6.10 Å². The van der Waals surface area contributed by atoms with Crippen molar-refractivity contribution in [1.82, 2.24) is 5.32 Å². The maximum Gasteiger partial charge on any atom is 0.306 e. The van der Waals surface area contributed by atoms with Crippen LogP contribution in [0, 0.1) is 0 Å². The molecule has 6 heteroatoms. The Labute approximate surface area is 395 Å². The number of amides is 1. The second-order valence-corrected chi connectivity index (χ2v) is 17.7. The van der Waals surface area contributed by atoms with E-state index in [-0.39, 0.29) is 24.9 Å². The number of nitrogens with one attached hydrogen (secondary N) is 1. The summed E-state index contributed by atoms with van der Waals surface area (Å²) >= 11 is 0. The highest BCUT2D eigenvalue weighted by Gasteiger charge is 2.24. The summed E-state index contributed by atoms with van der Waals surface area (Å²) in [5.41, 5.74) is 0. The summed E-state index contributed by atoms with van der Waals surface area (Å²) in [6.45, 7) is 6.27. The third-order valence-corrected chi connectivity index (χ3v) is 11.5. The number of allylic oxidation sites excluding steroid dienone is 16. The SMILES string of the molecule is CC/C=C/C/C=C/C/C=C/CCCCCCC(CC(=O)NC(CO)C(O)CCCCCCCCCCCCCCC)OC(=O)CCCCCCC/C=C/C=C/C=C/C=C/C=C/CCC. The fourth-order valence-electron chi connectivity index (χ4n) is 7.53. The van der Waals surface area contributed by atoms with Crippen LogP contribution in [0.15, 0.2) is 97.2 Å². The van der Waals surface area contributed by atoms with Crippen LogP contribution in [0.25, 0.3) is 0 Å². The van der Waals surface area contributed by atoms with Crippen molar-refractivity contribution in [1.29, 1.82) is 0 Å². The third kappa shape index (κ3) is 45.4. The largest absolute Gasteiger partial charge is 0.462 e. The lowest BCUT2D eigenvalue weighted by molar-refractivity contribution is -0.151. The average Bonchev–Trinajstić information content (AvgIpc) is 3.29. The Balaban J connectivity index is 4.68. The van der Waals surface area contributed by atoms with Crippen LogP contribution in [0.2, 0.25) is 0 Å². The Bertz CT molecular complexity index is 1270. The molecule has 0 radical (unpaired) electrons. The zero-order valence-electron chi connectivity index (χ0n) is 41.6. The van der Waals surface area contributed by atoms with E-state index in [1.165, 1.54) is 70.6 Å². The van der Waals surface area contributed by atoms with Gasteiger partial charge in [0.15, 0.2) is 0 Å². The highest BCUT2D eigenvalue weighted by molar-refractivity contribution is 5.77. The maximum absolute atomic E-state index is 13.2. The minimum atomic E-state index is -0.804. The van der Waals surface area contributed by atoms with E-state index in [1.54, 1.807) is 0 Å². The van der Waals surface area contributed by atoms with Crippen molar-refractivity contribution in [2.75, 3.05) is 6.61 Å². The summed E-state index contributed by atoms with van der Waals surface area (Å²) in [5.74, 6) is -0.530. The van der Waals surface area contributed by atoms with Gasteiger partial charge in [-0.15, -0.1) is 0 Å². The van der Waals surface area contributed by atoms with Crippen LogP contribution in [0.3, 0.4) is 0 Å². The fourth-order valence-corrected chi connectivity index (χ4v) is 7.53. The molecule has 0 fully saturated rings. The summed E-state index contributed by atoms with van der Waals surface area (Å²) in [4.78, 5) is 26.2. The van der Waals surface area contributed by atoms with Crippen molar-refractivity contribution in [3.05, 3.63) is 97.2 Å². The Morgan fingerprint density at radius 3 is 1.48 bits per heavy atom. The molecular formula is C58H99NO5. The molecule has 0 aromatic heterocycles. The Hall–Kier alpha value is -3.22. The van der Waals surface area contributed by atoms with Crippen LogP contribution in [-0.4, -0.2) is 46.9 Å². The minimum absolute atomic E-state index is 0.0466. The second kappa shape index (κ2) is 50.8. The molecule has 0 saturated carbocycles. The van der Waals surface area contributed by atoms with Gasteiger partial charge in [0.2, 0.25) is 5.91 Å². The van der Waals surface area contributed by atoms with Crippen LogP contribution in [0.1, 0.15) is 233 Å². The van der Waals surface area contributed by atoms with Gasteiger partial charge in [-0.3, -0.25) is 9.59 Å². The molecule has 0 aromatic carbocycles. The molecule has 3 unspecified atom stereocenters. The van der Waals surface area contributed by atoms with Gasteiger partial charge in [0, 0.05) is 6.42 Å². The van der Waals surface area contributed by atoms with Crippen LogP contribution < -0.4 is 5.32 Å². The van der Waals surface area contributed by atoms with E-state index in [4.69, 9.17) is 4.74 Å². The number of rotatable bonds is 46. The van der Waals surface area contributed by atoms with Crippen molar-refractivity contribution < 1.29 is 24.5 Å². The highest BCUT2D eigenvalue weighted by atomic mass is 16.5. The van der Waals surface area contributed by atoms with Crippen LogP contribution >= 0.6 is 0 Å². The maximum atomic E-state index is 13.2.